The summed E-state index contributed by atoms with van der Waals surface area (Å²) < 4.78 is 0. The van der Waals surface area contributed by atoms with Crippen molar-refractivity contribution in [2.75, 3.05) is 20.1 Å². The van der Waals surface area contributed by atoms with Crippen LogP contribution in [0.5, 0.6) is 0 Å². The first-order valence-corrected chi connectivity index (χ1v) is 4.43. The third-order valence-corrected chi connectivity index (χ3v) is 2.07. The molecule has 0 aromatic carbocycles. The Hall–Kier alpha value is -0.520. The lowest BCUT2D eigenvalue weighted by Gasteiger charge is -2.40. The highest BCUT2D eigenvalue weighted by Crippen LogP contribution is 2.09. The first kappa shape index (κ1) is 9.57. The topological polar surface area (TPSA) is 15.3 Å². The van der Waals surface area contributed by atoms with Crippen LogP contribution >= 0.6 is 0 Å². The fourth-order valence-corrected chi connectivity index (χ4v) is 1.65. The van der Waals surface area contributed by atoms with Crippen LogP contribution in [0, 0.1) is 11.8 Å². The summed E-state index contributed by atoms with van der Waals surface area (Å²) in [6, 6.07) is 0.630. The van der Waals surface area contributed by atoms with Gasteiger partial charge in [0.05, 0.1) is 5.54 Å². The maximum atomic E-state index is 3.51. The minimum Gasteiger partial charge on any atom is -0.303 e. The van der Waals surface area contributed by atoms with Crippen molar-refractivity contribution < 1.29 is 0 Å². The van der Waals surface area contributed by atoms with E-state index in [1.54, 1.807) is 0 Å². The van der Waals surface area contributed by atoms with Crippen molar-refractivity contribution in [1.82, 2.24) is 10.2 Å². The fourth-order valence-electron chi connectivity index (χ4n) is 1.65. The smallest absolute Gasteiger partial charge is 0.0746 e. The van der Waals surface area contributed by atoms with Gasteiger partial charge in [-0.1, -0.05) is 5.92 Å². The summed E-state index contributed by atoms with van der Waals surface area (Å²) in [6.45, 7) is 8.43. The van der Waals surface area contributed by atoms with E-state index in [-0.39, 0.29) is 5.54 Å². The number of hydrogen-bond donors (Lipinski definition) is 1. The second-order valence-corrected chi connectivity index (χ2v) is 4.06. The Labute approximate surface area is 75.3 Å². The summed E-state index contributed by atoms with van der Waals surface area (Å²) in [6.07, 6.45) is 0. The van der Waals surface area contributed by atoms with Crippen LogP contribution in [0.3, 0.4) is 0 Å². The molecule has 1 aliphatic heterocycles. The van der Waals surface area contributed by atoms with Crippen LogP contribution in [-0.2, 0) is 0 Å². The van der Waals surface area contributed by atoms with Gasteiger partial charge in [0.25, 0.3) is 0 Å². The molecule has 1 fully saturated rings. The van der Waals surface area contributed by atoms with E-state index < -0.39 is 0 Å². The highest BCUT2D eigenvalue weighted by Gasteiger charge is 2.27. The lowest BCUT2D eigenvalue weighted by atomic mass is 10.0. The minimum atomic E-state index is -0.0271. The Kier molecular flexibility index (Phi) is 2.76. The molecule has 1 heterocycles. The molecule has 1 saturated heterocycles. The summed E-state index contributed by atoms with van der Waals surface area (Å²) in [7, 11) is 2.14. The molecule has 2 heteroatoms. The molecule has 0 unspecified atom stereocenters. The maximum absolute atomic E-state index is 3.51. The quantitative estimate of drug-likeness (QED) is 0.607. The van der Waals surface area contributed by atoms with Gasteiger partial charge in [-0.2, -0.15) is 0 Å². The van der Waals surface area contributed by atoms with Gasteiger partial charge in [-0.3, -0.25) is 5.32 Å². The van der Waals surface area contributed by atoms with Gasteiger partial charge in [-0.05, 0) is 27.8 Å². The molecule has 1 rings (SSSR count). The van der Waals surface area contributed by atoms with Gasteiger partial charge in [0, 0.05) is 19.1 Å². The Balaban J connectivity index is 2.33. The van der Waals surface area contributed by atoms with Crippen LogP contribution in [0.2, 0.25) is 0 Å². The van der Waals surface area contributed by atoms with Gasteiger partial charge >= 0.3 is 0 Å². The molecule has 0 aliphatic carbocycles. The summed E-state index contributed by atoms with van der Waals surface area (Å²) in [4.78, 5) is 2.30. The number of nitrogens with one attached hydrogen (secondary N) is 1. The van der Waals surface area contributed by atoms with E-state index in [4.69, 9.17) is 0 Å². The standard InChI is InChI=1S/C10H18N2/c1-5-6-10(2,3)11-9-7-12(4)8-9/h9,11H,7-8H2,1-4H3. The van der Waals surface area contributed by atoms with Crippen LogP contribution in [0.25, 0.3) is 0 Å². The van der Waals surface area contributed by atoms with Crippen molar-refractivity contribution in [3.63, 3.8) is 0 Å². The van der Waals surface area contributed by atoms with E-state index in [2.05, 4.69) is 43.0 Å². The van der Waals surface area contributed by atoms with E-state index in [9.17, 15) is 0 Å². The average Bonchev–Trinajstić information content (AvgIpc) is 1.83. The highest BCUT2D eigenvalue weighted by atomic mass is 15.2. The zero-order valence-electron chi connectivity index (χ0n) is 8.44. The third kappa shape index (κ3) is 2.51. The predicted molar refractivity (Wildman–Crippen MR) is 51.9 cm³/mol. The lowest BCUT2D eigenvalue weighted by molar-refractivity contribution is 0.145. The van der Waals surface area contributed by atoms with Gasteiger partial charge in [-0.25, -0.2) is 0 Å². The number of rotatable bonds is 2. The van der Waals surface area contributed by atoms with E-state index in [1.807, 2.05) is 6.92 Å². The number of likely N-dealkylation sites (N-methyl/N-ethyl adjacent to an activating group) is 1. The molecule has 0 radical (unpaired) electrons. The zero-order chi connectivity index (χ0) is 9.19. The van der Waals surface area contributed by atoms with E-state index in [0.29, 0.717) is 6.04 Å². The highest BCUT2D eigenvalue weighted by molar-refractivity contribution is 5.14. The molecule has 0 aromatic rings. The van der Waals surface area contributed by atoms with Crippen molar-refractivity contribution in [2.45, 2.75) is 32.4 Å². The Morgan fingerprint density at radius 3 is 2.42 bits per heavy atom. The van der Waals surface area contributed by atoms with E-state index >= 15 is 0 Å². The van der Waals surface area contributed by atoms with Crippen molar-refractivity contribution in [1.29, 1.82) is 0 Å². The molecule has 0 spiro atoms. The Bertz CT molecular complexity index is 204. The molecule has 0 atom stereocenters. The molecule has 1 aliphatic rings. The third-order valence-electron chi connectivity index (χ3n) is 2.07. The predicted octanol–water partition coefficient (Wildman–Crippen LogP) is 0.692. The monoisotopic (exact) mass is 166 g/mol. The Morgan fingerprint density at radius 1 is 1.42 bits per heavy atom. The second-order valence-electron chi connectivity index (χ2n) is 4.06. The zero-order valence-corrected chi connectivity index (χ0v) is 8.44. The molecule has 68 valence electrons. The maximum Gasteiger partial charge on any atom is 0.0746 e. The largest absolute Gasteiger partial charge is 0.303 e. The van der Waals surface area contributed by atoms with Gasteiger partial charge in [0.1, 0.15) is 0 Å². The molecular formula is C10H18N2. The summed E-state index contributed by atoms with van der Waals surface area (Å²) in [5, 5.41) is 3.51. The molecule has 1 N–H and O–H groups in total. The first-order chi connectivity index (χ1) is 5.53. The molecule has 2 nitrogen and oxygen atoms in total. The molecule has 0 aromatic heterocycles. The number of likely N-dealkylation sites (tertiary alicyclic amines) is 1. The summed E-state index contributed by atoms with van der Waals surface area (Å²) in [5.74, 6) is 6.10. The second kappa shape index (κ2) is 3.47. The summed E-state index contributed by atoms with van der Waals surface area (Å²) >= 11 is 0. The van der Waals surface area contributed by atoms with E-state index in [0.717, 1.165) is 13.1 Å². The van der Waals surface area contributed by atoms with Crippen LogP contribution in [0.15, 0.2) is 0 Å². The number of nitrogens with zero attached hydrogens (tertiary/aromatic N) is 1. The van der Waals surface area contributed by atoms with Crippen molar-refractivity contribution in [2.24, 2.45) is 0 Å². The van der Waals surface area contributed by atoms with Gasteiger partial charge in [0.2, 0.25) is 0 Å². The minimum absolute atomic E-state index is 0.0271. The first-order valence-electron chi connectivity index (χ1n) is 4.43. The van der Waals surface area contributed by atoms with Crippen molar-refractivity contribution >= 4 is 0 Å². The molecule has 12 heavy (non-hydrogen) atoms. The van der Waals surface area contributed by atoms with Crippen LogP contribution in [-0.4, -0.2) is 36.6 Å². The Morgan fingerprint density at radius 2 is 2.00 bits per heavy atom. The lowest BCUT2D eigenvalue weighted by Crippen LogP contribution is -2.60. The van der Waals surface area contributed by atoms with Crippen LogP contribution in [0.4, 0.5) is 0 Å². The molecule has 0 saturated carbocycles. The number of hydrogen-bond acceptors (Lipinski definition) is 2. The molecular weight excluding hydrogens is 148 g/mol. The van der Waals surface area contributed by atoms with Gasteiger partial charge < -0.3 is 4.90 Å². The fraction of sp³-hybridized carbons (Fsp3) is 0.800. The summed E-state index contributed by atoms with van der Waals surface area (Å²) in [5.41, 5.74) is -0.0271. The molecule has 0 amide bonds. The van der Waals surface area contributed by atoms with E-state index in [1.165, 1.54) is 0 Å². The molecule has 0 bridgehead atoms. The SMILES string of the molecule is CC#CC(C)(C)NC1CN(C)C1. The average molecular weight is 166 g/mol. The van der Waals surface area contributed by atoms with Crippen molar-refractivity contribution in [3.05, 3.63) is 0 Å². The van der Waals surface area contributed by atoms with Gasteiger partial charge in [-0.15, -0.1) is 5.92 Å². The van der Waals surface area contributed by atoms with Crippen molar-refractivity contribution in [3.8, 4) is 11.8 Å². The van der Waals surface area contributed by atoms with Crippen LogP contribution in [0.1, 0.15) is 20.8 Å². The van der Waals surface area contributed by atoms with Crippen LogP contribution < -0.4 is 5.32 Å². The normalized spacial score (nSPS) is 19.7. The van der Waals surface area contributed by atoms with Gasteiger partial charge in [0.15, 0.2) is 0 Å².